The van der Waals surface area contributed by atoms with Crippen molar-refractivity contribution in [3.8, 4) is 5.75 Å². The molecule has 5 rings (SSSR count). The normalized spacial score (nSPS) is 22.4. The molecule has 2 aliphatic heterocycles. The van der Waals surface area contributed by atoms with Gasteiger partial charge in [-0.15, -0.1) is 15.6 Å². The molecule has 1 aliphatic carbocycles. The predicted molar refractivity (Wildman–Crippen MR) is 214 cm³/mol. The van der Waals surface area contributed by atoms with Crippen molar-refractivity contribution >= 4 is 56.7 Å². The number of carbonyl (C=O) groups is 3. The largest absolute Gasteiger partial charge is 0.486 e. The molecule has 3 aliphatic rings. The molecular formula is C36H58N8O10S2. The van der Waals surface area contributed by atoms with Crippen LogP contribution >= 0.6 is 11.3 Å². The zero-order valence-corrected chi connectivity index (χ0v) is 35.1. The number of β-lactam (4-membered cyclic amide) rings is 1. The molecule has 1 saturated carbocycles. The van der Waals surface area contributed by atoms with E-state index >= 15 is 0 Å². The first kappa shape index (κ1) is 47.8. The highest BCUT2D eigenvalue weighted by atomic mass is 32.3. The number of rotatable bonds is 11. The number of hydroxylamine groups is 2. The maximum Gasteiger partial charge on any atom is 0.418 e. The number of oxime groups is 1. The number of aryl methyl sites for hydroxylation is 1. The average molecular weight is 827 g/mol. The fourth-order valence-corrected chi connectivity index (χ4v) is 7.35. The van der Waals surface area contributed by atoms with Crippen molar-refractivity contribution in [3.05, 3.63) is 40.4 Å². The number of carbonyl (C=O) groups excluding carboxylic acids is 2. The lowest BCUT2D eigenvalue weighted by atomic mass is 9.76. The smallest absolute Gasteiger partial charge is 0.418 e. The zero-order chi connectivity index (χ0) is 42.6. The molecule has 2 fully saturated rings. The Morgan fingerprint density at radius 3 is 2.30 bits per heavy atom. The van der Waals surface area contributed by atoms with Gasteiger partial charge in [0.2, 0.25) is 0 Å². The molecule has 314 valence electrons. The third-order valence-corrected chi connectivity index (χ3v) is 10.3. The molecule has 3 unspecified atom stereocenters. The maximum atomic E-state index is 13.4. The minimum Gasteiger partial charge on any atom is -0.486 e. The van der Waals surface area contributed by atoms with E-state index in [1.807, 2.05) is 45.9 Å². The molecule has 1 aromatic heterocycles. The summed E-state index contributed by atoms with van der Waals surface area (Å²) in [5.74, 6) is -0.0489. The fourth-order valence-electron chi connectivity index (χ4n) is 6.34. The first-order valence-electron chi connectivity index (χ1n) is 18.5. The molecule has 18 nitrogen and oxygen atoms in total. The van der Waals surface area contributed by atoms with E-state index in [2.05, 4.69) is 33.6 Å². The number of amidine groups is 1. The highest BCUT2D eigenvalue weighted by Gasteiger charge is 2.58. The quantitative estimate of drug-likeness (QED) is 0.0469. The zero-order valence-electron chi connectivity index (χ0n) is 33.5. The summed E-state index contributed by atoms with van der Waals surface area (Å²) in [7, 11) is -4.96. The van der Waals surface area contributed by atoms with Gasteiger partial charge in [-0.25, -0.2) is 4.98 Å². The topological polar surface area (TPSA) is 284 Å². The van der Waals surface area contributed by atoms with E-state index < -0.39 is 46.0 Å². The van der Waals surface area contributed by atoms with E-state index in [1.54, 1.807) is 6.92 Å². The van der Waals surface area contributed by atoms with Crippen LogP contribution in [0.3, 0.4) is 0 Å². The van der Waals surface area contributed by atoms with Crippen LogP contribution in [0.5, 0.6) is 5.75 Å². The molecular weight excluding hydrogens is 769 g/mol. The van der Waals surface area contributed by atoms with Crippen molar-refractivity contribution < 1.29 is 46.3 Å². The van der Waals surface area contributed by atoms with Gasteiger partial charge in [0.25, 0.3) is 18.3 Å². The number of thiazole rings is 1. The Labute approximate surface area is 333 Å². The van der Waals surface area contributed by atoms with E-state index in [0.29, 0.717) is 35.4 Å². The highest BCUT2D eigenvalue weighted by Crippen LogP contribution is 2.35. The molecule has 3 heterocycles. The van der Waals surface area contributed by atoms with E-state index in [9.17, 15) is 18.0 Å². The molecule has 0 radical (unpaired) electrons. The summed E-state index contributed by atoms with van der Waals surface area (Å²) in [5.41, 5.74) is 18.7. The van der Waals surface area contributed by atoms with Gasteiger partial charge in [-0.2, -0.15) is 13.5 Å². The first-order chi connectivity index (χ1) is 26.2. The second kappa shape index (κ2) is 20.7. The van der Waals surface area contributed by atoms with Gasteiger partial charge in [0.05, 0.1) is 11.6 Å². The average Bonchev–Trinajstić information content (AvgIpc) is 3.59. The number of ether oxygens (including phenoxy) is 1. The van der Waals surface area contributed by atoms with Crippen molar-refractivity contribution in [1.29, 1.82) is 0 Å². The van der Waals surface area contributed by atoms with E-state index in [-0.39, 0.29) is 34.6 Å². The number of fused-ring (bicyclic) bond motifs is 1. The van der Waals surface area contributed by atoms with E-state index in [1.165, 1.54) is 19.2 Å². The van der Waals surface area contributed by atoms with E-state index in [0.717, 1.165) is 48.1 Å². The summed E-state index contributed by atoms with van der Waals surface area (Å²) in [5, 5.41) is 15.6. The molecule has 1 saturated heterocycles. The number of nitrogens with zero attached hydrogens (tertiary/aromatic N) is 4. The number of hydrogen-bond donors (Lipinski definition) is 6. The van der Waals surface area contributed by atoms with Crippen LogP contribution in [-0.2, 0) is 40.3 Å². The molecule has 0 bridgehead atoms. The molecule has 9 N–H and O–H groups in total. The number of carboxylic acid groups (broad SMARTS) is 1. The van der Waals surface area contributed by atoms with Crippen LogP contribution in [0.25, 0.3) is 0 Å². The number of nitrogens with two attached hydrogens (primary N) is 3. The summed E-state index contributed by atoms with van der Waals surface area (Å²) < 4.78 is 41.9. The summed E-state index contributed by atoms with van der Waals surface area (Å²) in [6, 6.07) is 4.73. The number of aromatic nitrogens is 1. The predicted octanol–water partition coefficient (Wildman–Crippen LogP) is 3.82. The minimum atomic E-state index is -4.96. The number of benzene rings is 1. The standard InChI is InChI=1S/C31H44N8O8S2.2C2H6.CH2O2/c1-16(22-12-6-17-14-18(7-13-23(17)45-22)26(32)35-20-10-8-19(9-11-20)30(2,3)34)46-38-24(21-15-48-29(33)36-21)27(40)37-25-28(41)39(31(25,4)5)47-49(42,43)44;2*1-2;2-1-3/h7,13-16,19-20,22,25H,6,8-12,34H2,1-5H3,(H2,32,35)(H2,33,36)(H,37,40)(H,42,43,44);2*1-2H3;1H,(H,2,3)/b38-24-;;;. The monoisotopic (exact) mass is 826 g/mol. The SMILES string of the molecule is CC.CC.CC(O/N=C(\C(=O)NC1C(=O)N(OS(=O)(=O)O)C1(C)C)c1csc(N)n1)C1CCc2cc(C(N)=NC3CCC(C(C)(C)N)CC3)ccc2O1.O=CO. The number of hydrogen-bond acceptors (Lipinski definition) is 14. The lowest BCUT2D eigenvalue weighted by Crippen LogP contribution is -2.76. The van der Waals surface area contributed by atoms with Crippen molar-refractivity contribution in [2.75, 3.05) is 5.73 Å². The summed E-state index contributed by atoms with van der Waals surface area (Å²) in [4.78, 5) is 49.0. The molecule has 20 heteroatoms. The molecule has 1 aromatic carbocycles. The summed E-state index contributed by atoms with van der Waals surface area (Å²) in [6.07, 6.45) is 4.26. The number of anilines is 1. The van der Waals surface area contributed by atoms with Gasteiger partial charge in [-0.05, 0) is 103 Å². The van der Waals surface area contributed by atoms with Crippen molar-refractivity contribution in [2.24, 2.45) is 27.5 Å². The van der Waals surface area contributed by atoms with Gasteiger partial charge >= 0.3 is 10.4 Å². The number of nitrogens with one attached hydrogen (secondary N) is 1. The Morgan fingerprint density at radius 1 is 1.18 bits per heavy atom. The van der Waals surface area contributed by atoms with Crippen LogP contribution < -0.4 is 27.3 Å². The molecule has 3 atom stereocenters. The van der Waals surface area contributed by atoms with Crippen LogP contribution in [-0.4, -0.2) is 93.3 Å². The van der Waals surface area contributed by atoms with Gasteiger partial charge in [-0.1, -0.05) is 32.9 Å². The van der Waals surface area contributed by atoms with Crippen molar-refractivity contribution in [3.63, 3.8) is 0 Å². The van der Waals surface area contributed by atoms with Crippen molar-refractivity contribution in [2.45, 2.75) is 136 Å². The third-order valence-electron chi connectivity index (χ3n) is 9.34. The Hall–Kier alpha value is -4.37. The summed E-state index contributed by atoms with van der Waals surface area (Å²) in [6.45, 7) is 16.6. The Balaban J connectivity index is 0.00000145. The van der Waals surface area contributed by atoms with Gasteiger partial charge < -0.3 is 37.2 Å². The van der Waals surface area contributed by atoms with Crippen LogP contribution in [0.2, 0.25) is 0 Å². The highest BCUT2D eigenvalue weighted by molar-refractivity contribution is 7.80. The van der Waals surface area contributed by atoms with Gasteiger partial charge in [0, 0.05) is 16.5 Å². The van der Waals surface area contributed by atoms with Crippen molar-refractivity contribution in [1.82, 2.24) is 15.4 Å². The van der Waals surface area contributed by atoms with Gasteiger partial charge in [0.1, 0.15) is 29.4 Å². The second-order valence-electron chi connectivity index (χ2n) is 14.0. The number of aliphatic imine (C=N–C) groups is 1. The van der Waals surface area contributed by atoms with Crippen LogP contribution in [0, 0.1) is 5.92 Å². The Kier molecular flexibility index (Phi) is 17.7. The summed E-state index contributed by atoms with van der Waals surface area (Å²) >= 11 is 1.08. The second-order valence-corrected chi connectivity index (χ2v) is 15.9. The molecule has 0 spiro atoms. The third kappa shape index (κ3) is 12.6. The molecule has 2 aromatic rings. The van der Waals surface area contributed by atoms with E-state index in [4.69, 9.17) is 46.2 Å². The minimum absolute atomic E-state index is 0.112. The van der Waals surface area contributed by atoms with Gasteiger partial charge in [-0.3, -0.25) is 23.9 Å². The first-order valence-corrected chi connectivity index (χ1v) is 20.8. The van der Waals surface area contributed by atoms with Gasteiger partial charge in [0.15, 0.2) is 16.9 Å². The Bertz CT molecular complexity index is 1800. The number of nitrogen functional groups attached to an aromatic ring is 1. The Morgan fingerprint density at radius 2 is 1.79 bits per heavy atom. The molecule has 2 amide bonds. The number of amides is 2. The lowest BCUT2D eigenvalue weighted by Gasteiger charge is -2.50. The molecule has 56 heavy (non-hydrogen) atoms. The maximum absolute atomic E-state index is 13.4. The van der Waals surface area contributed by atoms with Crippen LogP contribution in [0.15, 0.2) is 33.7 Å². The lowest BCUT2D eigenvalue weighted by molar-refractivity contribution is -0.218. The van der Waals surface area contributed by atoms with Crippen LogP contribution in [0.1, 0.15) is 111 Å². The van der Waals surface area contributed by atoms with Crippen LogP contribution in [0.4, 0.5) is 5.13 Å². The fraction of sp³-hybridized carbons (Fsp3) is 0.611.